The quantitative estimate of drug-likeness (QED) is 0.134. The first kappa shape index (κ1) is 49.1. The van der Waals surface area contributed by atoms with Crippen molar-refractivity contribution in [2.75, 3.05) is 19.6 Å². The van der Waals surface area contributed by atoms with Crippen LogP contribution in [-0.2, 0) is 0 Å². The number of para-hydroxylation sites is 9. The zero-order valence-electron chi connectivity index (χ0n) is 47.2. The largest absolute Gasteiger partial charge is 0.458 e. The van der Waals surface area contributed by atoms with Crippen molar-refractivity contribution in [1.82, 2.24) is 4.57 Å². The summed E-state index contributed by atoms with van der Waals surface area (Å²) in [7, 11) is 0. The Morgan fingerprint density at radius 3 is 1.31 bits per heavy atom. The number of aromatic nitrogens is 1. The molecule has 0 atom stereocenters. The summed E-state index contributed by atoms with van der Waals surface area (Å²) in [5.74, 6) is 3.16. The minimum absolute atomic E-state index is 0.179. The maximum Gasteiger partial charge on any atom is 0.260 e. The first-order chi connectivity index (χ1) is 43.2. The summed E-state index contributed by atoms with van der Waals surface area (Å²) in [5.41, 5.74) is 22.8. The Hall–Kier alpha value is -11.4. The number of nitrogens with zero attached hydrogens (tertiary/aromatic N) is 5. The third-order valence-electron chi connectivity index (χ3n) is 18.0. The van der Waals surface area contributed by atoms with E-state index in [9.17, 15) is 0 Å². The second kappa shape index (κ2) is 19.6. The van der Waals surface area contributed by atoms with Crippen LogP contribution in [-0.4, -0.2) is 18.0 Å². The van der Waals surface area contributed by atoms with Crippen LogP contribution in [0.3, 0.4) is 0 Å². The van der Waals surface area contributed by atoms with E-state index in [0.717, 1.165) is 135 Å². The molecule has 0 unspecified atom stereocenters. The highest BCUT2D eigenvalue weighted by molar-refractivity contribution is 7.02. The Balaban J connectivity index is 0.929. The molecule has 0 spiro atoms. The number of rotatable bonds is 9. The van der Waals surface area contributed by atoms with Gasteiger partial charge in [-0.2, -0.15) is 0 Å². The summed E-state index contributed by atoms with van der Waals surface area (Å²) in [6.07, 6.45) is 0. The number of hydrogen-bond acceptors (Lipinski definition) is 6. The van der Waals surface area contributed by atoms with Gasteiger partial charge in [0.2, 0.25) is 0 Å². The second-order valence-corrected chi connectivity index (χ2v) is 22.8. The lowest BCUT2D eigenvalue weighted by molar-refractivity contribution is 0.467. The van der Waals surface area contributed by atoms with Crippen LogP contribution < -0.4 is 61.9 Å². The zero-order valence-corrected chi connectivity index (χ0v) is 47.2. The normalized spacial score (nSPS) is 12.9. The first-order valence-corrected chi connectivity index (χ1v) is 29.8. The summed E-state index contributed by atoms with van der Waals surface area (Å²) < 4.78 is 17.6. The summed E-state index contributed by atoms with van der Waals surface area (Å²) in [4.78, 5) is 9.67. The van der Waals surface area contributed by atoms with Gasteiger partial charge in [0.25, 0.3) is 13.4 Å². The number of fused-ring (bicyclic) bond motifs is 12. The first-order valence-electron chi connectivity index (χ1n) is 29.8. The highest BCUT2D eigenvalue weighted by Crippen LogP contribution is 2.51. The van der Waals surface area contributed by atoms with Gasteiger partial charge in [0.05, 0.1) is 27.8 Å². The Kier molecular flexibility index (Phi) is 11.0. The lowest BCUT2D eigenvalue weighted by atomic mass is 9.31. The van der Waals surface area contributed by atoms with E-state index in [4.69, 9.17) is 9.47 Å². The maximum atomic E-state index is 7.63. The molecule has 0 bridgehead atoms. The number of anilines is 12. The molecule has 0 fully saturated rings. The van der Waals surface area contributed by atoms with Gasteiger partial charge in [0.15, 0.2) is 0 Å². The second-order valence-electron chi connectivity index (χ2n) is 22.8. The van der Waals surface area contributed by atoms with Crippen LogP contribution in [0.4, 0.5) is 68.2 Å². The van der Waals surface area contributed by atoms with E-state index in [1.807, 2.05) is 0 Å². The van der Waals surface area contributed by atoms with Crippen molar-refractivity contribution in [2.24, 2.45) is 0 Å². The Bertz CT molecular complexity index is 4940. The van der Waals surface area contributed by atoms with Crippen LogP contribution in [0.2, 0.25) is 0 Å². The van der Waals surface area contributed by atoms with Crippen molar-refractivity contribution in [2.45, 2.75) is 0 Å². The van der Waals surface area contributed by atoms with Gasteiger partial charge in [-0.3, -0.25) is 0 Å². The number of hydrogen-bond donors (Lipinski definition) is 0. The lowest BCUT2D eigenvalue weighted by Crippen LogP contribution is -2.64. The molecule has 406 valence electrons. The minimum Gasteiger partial charge on any atom is -0.458 e. The van der Waals surface area contributed by atoms with Crippen LogP contribution in [0.5, 0.6) is 23.0 Å². The zero-order chi connectivity index (χ0) is 57.1. The summed E-state index contributed by atoms with van der Waals surface area (Å²) in [6.45, 7) is -0.452. The number of ether oxygens (including phenoxy) is 2. The molecule has 9 heteroatoms. The van der Waals surface area contributed by atoms with Crippen LogP contribution in [0, 0.1) is 0 Å². The SMILES string of the molecule is c1ccc(N(c2ccccc2)c2cc3c4c(c2)Oc2c(ccc5c2c2ccccc2n5-c2ccccc2)B4c2cc4c(cc2O3)N(c2ccccc2)c2cc(N(c3ccccc3)c3ccccc3)cc3c2B4c2ccccc2N3c2ccccc2)cc1. The van der Waals surface area contributed by atoms with Gasteiger partial charge in [-0.15, -0.1) is 0 Å². The molecule has 0 radical (unpaired) electrons. The fourth-order valence-corrected chi connectivity index (χ4v) is 14.4. The summed E-state index contributed by atoms with van der Waals surface area (Å²) in [6, 6.07) is 112. The van der Waals surface area contributed by atoms with E-state index in [1.165, 1.54) is 16.4 Å². The molecule has 0 saturated carbocycles. The van der Waals surface area contributed by atoms with Crippen molar-refractivity contribution >= 4 is 136 Å². The van der Waals surface area contributed by atoms with Gasteiger partial charge in [0.1, 0.15) is 23.0 Å². The van der Waals surface area contributed by atoms with Crippen molar-refractivity contribution in [3.05, 3.63) is 309 Å². The average molecular weight is 1110 g/mol. The lowest BCUT2D eigenvalue weighted by Gasteiger charge is -2.45. The van der Waals surface area contributed by atoms with Gasteiger partial charge >= 0.3 is 0 Å². The Labute approximate surface area is 505 Å². The van der Waals surface area contributed by atoms with E-state index in [-0.39, 0.29) is 13.4 Å². The van der Waals surface area contributed by atoms with E-state index in [1.54, 1.807) is 0 Å². The highest BCUT2D eigenvalue weighted by Gasteiger charge is 2.48. The molecular formula is C78H51B2N5O2. The molecular weight excluding hydrogens is 1060 g/mol. The molecule has 4 aliphatic rings. The third-order valence-corrected chi connectivity index (χ3v) is 18.0. The molecule has 0 aliphatic carbocycles. The predicted molar refractivity (Wildman–Crippen MR) is 362 cm³/mol. The van der Waals surface area contributed by atoms with Gasteiger partial charge in [-0.25, -0.2) is 0 Å². The van der Waals surface area contributed by atoms with Gasteiger partial charge in [-0.1, -0.05) is 176 Å². The number of benzene rings is 13. The van der Waals surface area contributed by atoms with Crippen molar-refractivity contribution < 1.29 is 9.47 Å². The molecule has 0 saturated heterocycles. The Morgan fingerprint density at radius 1 is 0.276 bits per heavy atom. The van der Waals surface area contributed by atoms with Crippen LogP contribution in [0.15, 0.2) is 309 Å². The Morgan fingerprint density at radius 2 is 0.736 bits per heavy atom. The molecule has 7 nitrogen and oxygen atoms in total. The smallest absolute Gasteiger partial charge is 0.260 e. The van der Waals surface area contributed by atoms with Gasteiger partial charge < -0.3 is 33.6 Å². The molecule has 18 rings (SSSR count). The van der Waals surface area contributed by atoms with Crippen molar-refractivity contribution in [3.8, 4) is 28.7 Å². The summed E-state index contributed by atoms with van der Waals surface area (Å²) in [5, 5.41) is 2.20. The third kappa shape index (κ3) is 7.59. The summed E-state index contributed by atoms with van der Waals surface area (Å²) >= 11 is 0. The molecule has 1 aromatic heterocycles. The molecule has 0 N–H and O–H groups in total. The predicted octanol–water partition coefficient (Wildman–Crippen LogP) is 16.5. The van der Waals surface area contributed by atoms with E-state index in [0.29, 0.717) is 0 Å². The van der Waals surface area contributed by atoms with E-state index in [2.05, 4.69) is 334 Å². The molecule has 4 aliphatic heterocycles. The van der Waals surface area contributed by atoms with Crippen LogP contribution in [0.25, 0.3) is 27.5 Å². The van der Waals surface area contributed by atoms with E-state index < -0.39 is 0 Å². The van der Waals surface area contributed by atoms with E-state index >= 15 is 0 Å². The van der Waals surface area contributed by atoms with Crippen molar-refractivity contribution in [1.29, 1.82) is 0 Å². The topological polar surface area (TPSA) is 36.4 Å². The maximum absolute atomic E-state index is 7.63. The molecule has 5 heterocycles. The molecule has 87 heavy (non-hydrogen) atoms. The standard InChI is InChI=1S/C78H51B2N5O2/c1-8-26-52(27-9-1)81(53-28-10-2-11-29-53)59-46-70-76-71(47-59)85(58-38-20-7-21-39-58)69-51-72-65(50-64(69)79(76)62-41-23-25-43-67(62)84(70)57-36-18-6-19-37-57)80-63-44-45-68-75(61-40-22-24-42-66(61)83(68)56-34-16-5-17-35-56)78(63)87-74-49-60(48-73(86-72)77(74)80)82(54-30-12-3-13-31-54)55-32-14-4-15-33-55/h1-51H. The fourth-order valence-electron chi connectivity index (χ4n) is 14.4. The van der Waals surface area contributed by atoms with Gasteiger partial charge in [0, 0.05) is 91.6 Å². The van der Waals surface area contributed by atoms with Crippen LogP contribution >= 0.6 is 0 Å². The monoisotopic (exact) mass is 1110 g/mol. The molecule has 13 aromatic carbocycles. The van der Waals surface area contributed by atoms with Crippen LogP contribution in [0.1, 0.15) is 0 Å². The van der Waals surface area contributed by atoms with Gasteiger partial charge in [-0.05, 0) is 143 Å². The minimum atomic E-state index is -0.273. The molecule has 0 amide bonds. The average Bonchev–Trinajstić information content (AvgIpc) is 2.02. The highest BCUT2D eigenvalue weighted by atomic mass is 16.5. The molecule has 14 aromatic rings. The fraction of sp³-hybridized carbons (Fsp3) is 0. The van der Waals surface area contributed by atoms with Crippen molar-refractivity contribution in [3.63, 3.8) is 0 Å².